The third-order valence-corrected chi connectivity index (χ3v) is 4.57. The molecule has 0 bridgehead atoms. The van der Waals surface area contributed by atoms with Crippen molar-refractivity contribution >= 4 is 22.8 Å². The van der Waals surface area contributed by atoms with Gasteiger partial charge in [0.05, 0.1) is 18.1 Å². The zero-order valence-corrected chi connectivity index (χ0v) is 15.5. The Labute approximate surface area is 148 Å². The highest BCUT2D eigenvalue weighted by molar-refractivity contribution is 6.00. The van der Waals surface area contributed by atoms with Gasteiger partial charge in [0.25, 0.3) is 0 Å². The summed E-state index contributed by atoms with van der Waals surface area (Å²) in [6.45, 7) is 11.7. The molecule has 3 heterocycles. The first-order chi connectivity index (χ1) is 11.8. The number of likely N-dealkylation sites (N-methyl/N-ethyl adjacent to an activating group) is 1. The van der Waals surface area contributed by atoms with E-state index in [1.807, 2.05) is 25.5 Å². The lowest BCUT2D eigenvalue weighted by molar-refractivity contribution is -0.123. The van der Waals surface area contributed by atoms with Gasteiger partial charge in [0.15, 0.2) is 5.65 Å². The summed E-state index contributed by atoms with van der Waals surface area (Å²) in [6, 6.07) is 0. The van der Waals surface area contributed by atoms with E-state index in [4.69, 9.17) is 0 Å². The Morgan fingerprint density at radius 3 is 2.56 bits per heavy atom. The minimum Gasteiger partial charge on any atom is -0.310 e. The highest BCUT2D eigenvalue weighted by Crippen LogP contribution is 2.22. The van der Waals surface area contributed by atoms with Crippen molar-refractivity contribution in [2.24, 2.45) is 5.41 Å². The number of carbonyl (C=O) groups excluding carboxylic acids is 1. The van der Waals surface area contributed by atoms with Gasteiger partial charge < -0.3 is 10.2 Å². The fourth-order valence-electron chi connectivity index (χ4n) is 2.76. The lowest BCUT2D eigenvalue weighted by atomic mass is 9.96. The van der Waals surface area contributed by atoms with Crippen LogP contribution in [-0.4, -0.2) is 75.2 Å². The van der Waals surface area contributed by atoms with E-state index in [1.165, 1.54) is 6.33 Å². The Kier molecular flexibility index (Phi) is 5.01. The van der Waals surface area contributed by atoms with Crippen LogP contribution in [0.15, 0.2) is 12.5 Å². The molecule has 0 radical (unpaired) electrons. The van der Waals surface area contributed by atoms with Crippen molar-refractivity contribution in [2.75, 3.05) is 45.1 Å². The number of hydrogen-bond donors (Lipinski definition) is 1. The summed E-state index contributed by atoms with van der Waals surface area (Å²) >= 11 is 0. The van der Waals surface area contributed by atoms with Gasteiger partial charge in [-0.15, -0.1) is 0 Å². The summed E-state index contributed by atoms with van der Waals surface area (Å²) in [5, 5.41) is 8.12. The van der Waals surface area contributed by atoms with Crippen molar-refractivity contribution in [3.8, 4) is 0 Å². The predicted molar refractivity (Wildman–Crippen MR) is 97.3 cm³/mol. The lowest BCUT2D eigenvalue weighted by Crippen LogP contribution is -2.45. The van der Waals surface area contributed by atoms with Gasteiger partial charge in [0, 0.05) is 38.1 Å². The number of nitrogens with one attached hydrogen (secondary N) is 1. The molecule has 1 aliphatic rings. The molecule has 1 N–H and O–H groups in total. The third kappa shape index (κ3) is 4.13. The van der Waals surface area contributed by atoms with Gasteiger partial charge in [0.1, 0.15) is 12.1 Å². The number of rotatable bonds is 4. The number of amides is 1. The molecule has 3 rings (SSSR count). The predicted octanol–water partition coefficient (Wildman–Crippen LogP) is 1.06. The largest absolute Gasteiger partial charge is 0.310 e. The molecular formula is C17H27N7O. The number of carbonyl (C=O) groups is 1. The maximum absolute atomic E-state index is 12.2. The molecule has 8 heteroatoms. The SMILES string of the molecule is CN1CCN(CCn2ncc3c(NC(=O)C(C)(C)C)ncnc32)CC1. The van der Waals surface area contributed by atoms with Crippen LogP contribution in [0.3, 0.4) is 0 Å². The second-order valence-electron chi connectivity index (χ2n) is 7.68. The zero-order chi connectivity index (χ0) is 18.0. The molecule has 0 saturated carbocycles. The average molecular weight is 345 g/mol. The molecule has 1 amide bonds. The van der Waals surface area contributed by atoms with E-state index in [9.17, 15) is 4.79 Å². The van der Waals surface area contributed by atoms with E-state index >= 15 is 0 Å². The van der Waals surface area contributed by atoms with Gasteiger partial charge in [-0.25, -0.2) is 14.6 Å². The van der Waals surface area contributed by atoms with Crippen LogP contribution in [0.4, 0.5) is 5.82 Å². The molecule has 1 saturated heterocycles. The van der Waals surface area contributed by atoms with Crippen molar-refractivity contribution < 1.29 is 4.79 Å². The quantitative estimate of drug-likeness (QED) is 0.893. The highest BCUT2D eigenvalue weighted by atomic mass is 16.2. The van der Waals surface area contributed by atoms with E-state index in [2.05, 4.69) is 37.2 Å². The molecule has 1 aliphatic heterocycles. The summed E-state index contributed by atoms with van der Waals surface area (Å²) in [5.41, 5.74) is 0.280. The van der Waals surface area contributed by atoms with Crippen LogP contribution in [0, 0.1) is 5.41 Å². The number of hydrogen-bond acceptors (Lipinski definition) is 6. The standard InChI is InChI=1S/C17H27N7O/c1-17(2,3)16(25)21-14-13-11-20-24(15(13)19-12-18-14)10-9-23-7-5-22(4)6-8-23/h11-12H,5-10H2,1-4H3,(H,18,19,21,25). The molecule has 0 unspecified atom stereocenters. The van der Waals surface area contributed by atoms with Crippen molar-refractivity contribution in [1.82, 2.24) is 29.5 Å². The van der Waals surface area contributed by atoms with Crippen LogP contribution in [0.2, 0.25) is 0 Å². The van der Waals surface area contributed by atoms with Crippen LogP contribution >= 0.6 is 0 Å². The summed E-state index contributed by atoms with van der Waals surface area (Å²) in [4.78, 5) is 25.6. The molecule has 136 valence electrons. The van der Waals surface area contributed by atoms with Crippen LogP contribution in [0.25, 0.3) is 11.0 Å². The first-order valence-corrected chi connectivity index (χ1v) is 8.73. The molecule has 2 aromatic rings. The Balaban J connectivity index is 1.71. The van der Waals surface area contributed by atoms with E-state index in [-0.39, 0.29) is 5.91 Å². The normalized spacial score (nSPS) is 17.1. The number of aromatic nitrogens is 4. The first kappa shape index (κ1) is 17.8. The molecule has 8 nitrogen and oxygen atoms in total. The molecule has 0 spiro atoms. The molecule has 0 aliphatic carbocycles. The monoisotopic (exact) mass is 345 g/mol. The Bertz CT molecular complexity index is 741. The summed E-state index contributed by atoms with van der Waals surface area (Å²) in [5.74, 6) is 0.452. The number of anilines is 1. The number of nitrogens with zero attached hydrogens (tertiary/aromatic N) is 6. The summed E-state index contributed by atoms with van der Waals surface area (Å²) in [7, 11) is 2.16. The third-order valence-electron chi connectivity index (χ3n) is 4.57. The van der Waals surface area contributed by atoms with Crippen LogP contribution < -0.4 is 5.32 Å². The van der Waals surface area contributed by atoms with Crippen molar-refractivity contribution in [3.05, 3.63) is 12.5 Å². The maximum Gasteiger partial charge on any atom is 0.230 e. The van der Waals surface area contributed by atoms with Crippen molar-refractivity contribution in [3.63, 3.8) is 0 Å². The van der Waals surface area contributed by atoms with E-state index in [0.29, 0.717) is 5.82 Å². The van der Waals surface area contributed by atoms with E-state index < -0.39 is 5.41 Å². The Hall–Kier alpha value is -2.06. The molecule has 0 aromatic carbocycles. The lowest BCUT2D eigenvalue weighted by Gasteiger charge is -2.32. The van der Waals surface area contributed by atoms with Gasteiger partial charge in [-0.1, -0.05) is 20.8 Å². The Morgan fingerprint density at radius 2 is 1.88 bits per heavy atom. The van der Waals surface area contributed by atoms with Gasteiger partial charge in [-0.05, 0) is 7.05 Å². The van der Waals surface area contributed by atoms with E-state index in [1.54, 1.807) is 6.20 Å². The number of piperazine rings is 1. The summed E-state index contributed by atoms with van der Waals surface area (Å²) < 4.78 is 1.89. The molecule has 1 fully saturated rings. The summed E-state index contributed by atoms with van der Waals surface area (Å²) in [6.07, 6.45) is 3.21. The molecule has 25 heavy (non-hydrogen) atoms. The minimum absolute atomic E-state index is 0.0716. The average Bonchev–Trinajstić information content (AvgIpc) is 2.98. The van der Waals surface area contributed by atoms with Crippen LogP contribution in [0.1, 0.15) is 20.8 Å². The molecule has 0 atom stereocenters. The van der Waals surface area contributed by atoms with Gasteiger partial charge in [-0.3, -0.25) is 9.69 Å². The number of fused-ring (bicyclic) bond motifs is 1. The second-order valence-corrected chi connectivity index (χ2v) is 7.68. The maximum atomic E-state index is 12.2. The molecule has 2 aromatic heterocycles. The zero-order valence-electron chi connectivity index (χ0n) is 15.5. The van der Waals surface area contributed by atoms with Crippen molar-refractivity contribution in [1.29, 1.82) is 0 Å². The molecular weight excluding hydrogens is 318 g/mol. The fourth-order valence-corrected chi connectivity index (χ4v) is 2.76. The van der Waals surface area contributed by atoms with Crippen molar-refractivity contribution in [2.45, 2.75) is 27.3 Å². The van der Waals surface area contributed by atoms with Crippen LogP contribution in [0.5, 0.6) is 0 Å². The minimum atomic E-state index is -0.477. The fraction of sp³-hybridized carbons (Fsp3) is 0.647. The smallest absolute Gasteiger partial charge is 0.230 e. The Morgan fingerprint density at radius 1 is 1.16 bits per heavy atom. The second kappa shape index (κ2) is 7.05. The highest BCUT2D eigenvalue weighted by Gasteiger charge is 2.23. The van der Waals surface area contributed by atoms with E-state index in [0.717, 1.165) is 50.3 Å². The van der Waals surface area contributed by atoms with Gasteiger partial charge >= 0.3 is 0 Å². The first-order valence-electron chi connectivity index (χ1n) is 8.73. The van der Waals surface area contributed by atoms with Gasteiger partial charge in [-0.2, -0.15) is 5.10 Å². The van der Waals surface area contributed by atoms with Crippen LogP contribution in [-0.2, 0) is 11.3 Å². The van der Waals surface area contributed by atoms with Gasteiger partial charge in [0.2, 0.25) is 5.91 Å². The topological polar surface area (TPSA) is 79.2 Å².